The number of carbonyl (C=O) groups is 1. The summed E-state index contributed by atoms with van der Waals surface area (Å²) in [6.45, 7) is -0.909. The molecule has 0 aromatic heterocycles. The lowest BCUT2D eigenvalue weighted by Gasteiger charge is -2.32. The largest absolute Gasteiger partial charge is 0.443 e. The van der Waals surface area contributed by atoms with Crippen molar-refractivity contribution < 1.29 is 18.3 Å². The van der Waals surface area contributed by atoms with E-state index in [0.717, 1.165) is 0 Å². The third-order valence-corrected chi connectivity index (χ3v) is 3.21. The molecule has 0 saturated carbocycles. The molecule has 8 heteroatoms. The summed E-state index contributed by atoms with van der Waals surface area (Å²) in [7, 11) is 0. The average Bonchev–Trinajstić information content (AvgIpc) is 2.20. The van der Waals surface area contributed by atoms with Crippen molar-refractivity contribution in [3.63, 3.8) is 0 Å². The standard InChI is InChI=1S/C10H7Br2F2NO2.ClH/c11-6-1-5(2-7(12)3-6)8-10(13,14)4-17-9(16)15-8;/h1-3,8H,4H2,(H,15,16);1H/t8-;/m0./s1. The van der Waals surface area contributed by atoms with Crippen molar-refractivity contribution >= 4 is 50.4 Å². The van der Waals surface area contributed by atoms with E-state index in [-0.39, 0.29) is 12.4 Å². The Hall–Kier alpha value is -0.400. The van der Waals surface area contributed by atoms with Crippen molar-refractivity contribution in [2.24, 2.45) is 0 Å². The summed E-state index contributed by atoms with van der Waals surface area (Å²) in [4.78, 5) is 11.0. The van der Waals surface area contributed by atoms with Crippen LogP contribution in [-0.4, -0.2) is 18.6 Å². The predicted molar refractivity (Wildman–Crippen MR) is 71.3 cm³/mol. The summed E-state index contributed by atoms with van der Waals surface area (Å²) in [5, 5.41) is 2.12. The number of cyclic esters (lactones) is 1. The number of amides is 1. The first-order valence-electron chi connectivity index (χ1n) is 4.65. The first kappa shape index (κ1) is 15.7. The molecule has 18 heavy (non-hydrogen) atoms. The van der Waals surface area contributed by atoms with Crippen LogP contribution in [0.25, 0.3) is 0 Å². The van der Waals surface area contributed by atoms with Gasteiger partial charge in [-0.05, 0) is 23.8 Å². The van der Waals surface area contributed by atoms with Crippen molar-refractivity contribution in [2.45, 2.75) is 12.0 Å². The second kappa shape index (κ2) is 5.71. The van der Waals surface area contributed by atoms with E-state index < -0.39 is 24.7 Å². The number of nitrogens with one attached hydrogen (secondary N) is 1. The van der Waals surface area contributed by atoms with Crippen LogP contribution in [0, 0.1) is 0 Å². The fourth-order valence-corrected chi connectivity index (χ4v) is 2.91. The molecule has 100 valence electrons. The van der Waals surface area contributed by atoms with Gasteiger partial charge in [-0.15, -0.1) is 12.4 Å². The molecule has 1 aromatic carbocycles. The minimum atomic E-state index is -3.13. The minimum absolute atomic E-state index is 0. The second-order valence-corrected chi connectivity index (χ2v) is 5.45. The summed E-state index contributed by atoms with van der Waals surface area (Å²) >= 11 is 6.43. The molecule has 2 rings (SSSR count). The molecule has 0 radical (unpaired) electrons. The Morgan fingerprint density at radius 2 is 1.83 bits per heavy atom. The number of alkyl carbamates (subject to hydrolysis) is 1. The molecule has 1 fully saturated rings. The molecule has 1 aromatic rings. The zero-order valence-corrected chi connectivity index (χ0v) is 12.7. The zero-order valence-electron chi connectivity index (χ0n) is 8.75. The van der Waals surface area contributed by atoms with Gasteiger partial charge in [-0.1, -0.05) is 31.9 Å². The highest BCUT2D eigenvalue weighted by molar-refractivity contribution is 9.11. The normalized spacial score (nSPS) is 21.6. The molecular formula is C10H8Br2ClF2NO2. The average molecular weight is 407 g/mol. The van der Waals surface area contributed by atoms with Crippen LogP contribution in [0.4, 0.5) is 13.6 Å². The van der Waals surface area contributed by atoms with Gasteiger partial charge >= 0.3 is 12.0 Å². The van der Waals surface area contributed by atoms with Gasteiger partial charge in [-0.2, -0.15) is 0 Å². The van der Waals surface area contributed by atoms with E-state index in [1.54, 1.807) is 6.07 Å². The van der Waals surface area contributed by atoms with Crippen molar-refractivity contribution in [3.8, 4) is 0 Å². The molecule has 0 spiro atoms. The Bertz CT molecular complexity index is 453. The van der Waals surface area contributed by atoms with Gasteiger partial charge in [0.15, 0.2) is 6.61 Å². The van der Waals surface area contributed by atoms with Gasteiger partial charge in [-0.3, -0.25) is 0 Å². The van der Waals surface area contributed by atoms with E-state index in [1.165, 1.54) is 12.1 Å². The van der Waals surface area contributed by atoms with Crippen molar-refractivity contribution in [1.82, 2.24) is 5.32 Å². The zero-order chi connectivity index (χ0) is 12.6. The number of halogens is 5. The lowest BCUT2D eigenvalue weighted by atomic mass is 10.0. The van der Waals surface area contributed by atoms with Gasteiger partial charge in [0.1, 0.15) is 6.04 Å². The Kier molecular flexibility index (Phi) is 4.97. The molecule has 1 heterocycles. The first-order valence-corrected chi connectivity index (χ1v) is 6.24. The first-order chi connectivity index (χ1) is 7.88. The topological polar surface area (TPSA) is 38.3 Å². The molecule has 1 N–H and O–H groups in total. The molecule has 0 bridgehead atoms. The van der Waals surface area contributed by atoms with Crippen LogP contribution in [0.5, 0.6) is 0 Å². The summed E-state index contributed by atoms with van der Waals surface area (Å²) in [5.74, 6) is -3.13. The highest BCUT2D eigenvalue weighted by Gasteiger charge is 2.46. The third-order valence-electron chi connectivity index (χ3n) is 2.30. The molecule has 1 aliphatic heterocycles. The van der Waals surface area contributed by atoms with Crippen molar-refractivity contribution in [3.05, 3.63) is 32.7 Å². The van der Waals surface area contributed by atoms with Crippen LogP contribution in [-0.2, 0) is 4.74 Å². The Balaban J connectivity index is 0.00000162. The van der Waals surface area contributed by atoms with Crippen LogP contribution in [0.1, 0.15) is 11.6 Å². The van der Waals surface area contributed by atoms with E-state index in [4.69, 9.17) is 0 Å². The van der Waals surface area contributed by atoms with Gasteiger partial charge in [0.2, 0.25) is 0 Å². The third kappa shape index (κ3) is 3.33. The maximum atomic E-state index is 13.6. The maximum absolute atomic E-state index is 13.6. The number of hydrogen-bond acceptors (Lipinski definition) is 2. The van der Waals surface area contributed by atoms with Crippen molar-refractivity contribution in [2.75, 3.05) is 6.61 Å². The highest BCUT2D eigenvalue weighted by Crippen LogP contribution is 2.36. The van der Waals surface area contributed by atoms with Gasteiger partial charge in [0.05, 0.1) is 0 Å². The molecule has 1 aliphatic rings. The molecule has 1 atom stereocenters. The number of carbonyl (C=O) groups excluding carboxylic acids is 1. The van der Waals surface area contributed by atoms with Gasteiger partial charge in [0.25, 0.3) is 0 Å². The molecule has 3 nitrogen and oxygen atoms in total. The predicted octanol–water partition coefficient (Wildman–Crippen LogP) is 4.05. The molecule has 0 unspecified atom stereocenters. The van der Waals surface area contributed by atoms with E-state index in [0.29, 0.717) is 14.5 Å². The lowest BCUT2D eigenvalue weighted by molar-refractivity contribution is -0.104. The van der Waals surface area contributed by atoms with Gasteiger partial charge in [0, 0.05) is 8.95 Å². The van der Waals surface area contributed by atoms with E-state index in [2.05, 4.69) is 41.9 Å². The number of benzene rings is 1. The molecular weight excluding hydrogens is 399 g/mol. The smallest absolute Gasteiger partial charge is 0.408 e. The number of rotatable bonds is 1. The monoisotopic (exact) mass is 405 g/mol. The van der Waals surface area contributed by atoms with Crippen LogP contribution < -0.4 is 5.32 Å². The van der Waals surface area contributed by atoms with Gasteiger partial charge in [-0.25, -0.2) is 13.6 Å². The SMILES string of the molecule is Cl.O=C1N[C@@H](c2cc(Br)cc(Br)c2)C(F)(F)CO1. The Labute approximate surface area is 125 Å². The van der Waals surface area contributed by atoms with Crippen molar-refractivity contribution in [1.29, 1.82) is 0 Å². The maximum Gasteiger partial charge on any atom is 0.408 e. The van der Waals surface area contributed by atoms with Crippen LogP contribution >= 0.6 is 44.3 Å². The summed E-state index contributed by atoms with van der Waals surface area (Å²) in [6.07, 6.45) is -0.836. The lowest BCUT2D eigenvalue weighted by Crippen LogP contribution is -2.49. The van der Waals surface area contributed by atoms with Crippen LogP contribution in [0.2, 0.25) is 0 Å². The summed E-state index contributed by atoms with van der Waals surface area (Å²) < 4.78 is 32.8. The Morgan fingerprint density at radius 3 is 2.39 bits per heavy atom. The summed E-state index contributed by atoms with van der Waals surface area (Å²) in [5.41, 5.74) is 0.313. The number of alkyl halides is 2. The molecule has 1 amide bonds. The highest BCUT2D eigenvalue weighted by atomic mass is 79.9. The Morgan fingerprint density at radius 1 is 1.28 bits per heavy atom. The number of ether oxygens (including phenoxy) is 1. The fourth-order valence-electron chi connectivity index (χ4n) is 1.58. The minimum Gasteiger partial charge on any atom is -0.443 e. The fraction of sp³-hybridized carbons (Fsp3) is 0.300. The van der Waals surface area contributed by atoms with Crippen LogP contribution in [0.3, 0.4) is 0 Å². The summed E-state index contributed by atoms with van der Waals surface area (Å²) in [6, 6.07) is 3.42. The molecule has 1 saturated heterocycles. The van der Waals surface area contributed by atoms with E-state index in [1.807, 2.05) is 0 Å². The van der Waals surface area contributed by atoms with E-state index in [9.17, 15) is 13.6 Å². The molecule has 0 aliphatic carbocycles. The second-order valence-electron chi connectivity index (χ2n) is 3.62. The van der Waals surface area contributed by atoms with Crippen LogP contribution in [0.15, 0.2) is 27.1 Å². The number of hydrogen-bond donors (Lipinski definition) is 1. The van der Waals surface area contributed by atoms with Gasteiger partial charge < -0.3 is 10.1 Å². The van der Waals surface area contributed by atoms with E-state index >= 15 is 0 Å². The quantitative estimate of drug-likeness (QED) is 0.763.